The summed E-state index contributed by atoms with van der Waals surface area (Å²) in [5, 5.41) is 25.9. The van der Waals surface area contributed by atoms with E-state index in [1.807, 2.05) is 0 Å². The van der Waals surface area contributed by atoms with E-state index < -0.39 is 40.8 Å². The summed E-state index contributed by atoms with van der Waals surface area (Å²) in [5.74, 6) is -8.70. The third-order valence-electron chi connectivity index (χ3n) is 1.69. The van der Waals surface area contributed by atoms with Crippen molar-refractivity contribution in [2.24, 2.45) is 0 Å². The van der Waals surface area contributed by atoms with Gasteiger partial charge in [0.1, 0.15) is 0 Å². The Balaban J connectivity index is 3.38. The summed E-state index contributed by atoms with van der Waals surface area (Å²) >= 11 is 0. The van der Waals surface area contributed by atoms with Gasteiger partial charge in [0.25, 0.3) is 0 Å². The Morgan fingerprint density at radius 3 is 2.27 bits per heavy atom. The predicted molar refractivity (Wildman–Crippen MR) is 40.6 cm³/mol. The fraction of sp³-hybridized carbons (Fsp3) is 0.125. The third kappa shape index (κ3) is 1.86. The minimum absolute atomic E-state index is 0.170. The molecular formula is C8H5F3O4. The summed E-state index contributed by atoms with van der Waals surface area (Å²) in [6, 6.07) is 0.170. The number of aromatic hydroxyl groups is 1. The third-order valence-corrected chi connectivity index (χ3v) is 1.69. The monoisotopic (exact) mass is 222 g/mol. The Kier molecular flexibility index (Phi) is 2.85. The maximum atomic E-state index is 13.0. The molecule has 0 amide bonds. The molecule has 4 nitrogen and oxygen atoms in total. The number of aliphatic hydroxyl groups is 1. The number of hydrogen-bond acceptors (Lipinski definition) is 3. The topological polar surface area (TPSA) is 77.8 Å². The normalized spacial score (nSPS) is 12.5. The Labute approximate surface area is 81.2 Å². The van der Waals surface area contributed by atoms with E-state index >= 15 is 0 Å². The van der Waals surface area contributed by atoms with Crippen molar-refractivity contribution >= 4 is 5.97 Å². The summed E-state index contributed by atoms with van der Waals surface area (Å²) in [7, 11) is 0. The Morgan fingerprint density at radius 2 is 1.80 bits per heavy atom. The average molecular weight is 222 g/mol. The summed E-state index contributed by atoms with van der Waals surface area (Å²) in [6.45, 7) is 0. The van der Waals surface area contributed by atoms with Gasteiger partial charge < -0.3 is 15.3 Å². The number of carboxylic acids is 1. The highest BCUT2D eigenvalue weighted by Crippen LogP contribution is 2.29. The van der Waals surface area contributed by atoms with Crippen LogP contribution in [0.25, 0.3) is 0 Å². The molecule has 0 bridgehead atoms. The van der Waals surface area contributed by atoms with Crippen LogP contribution in [0.4, 0.5) is 13.2 Å². The van der Waals surface area contributed by atoms with Crippen molar-refractivity contribution in [3.63, 3.8) is 0 Å². The predicted octanol–water partition coefficient (Wildman–Crippen LogP) is 0.927. The second-order valence-corrected chi connectivity index (χ2v) is 2.66. The molecule has 3 N–H and O–H groups in total. The van der Waals surface area contributed by atoms with Crippen molar-refractivity contribution in [2.45, 2.75) is 6.10 Å². The number of aliphatic hydroxyl groups excluding tert-OH is 1. The van der Waals surface area contributed by atoms with Crippen LogP contribution in [0.15, 0.2) is 6.07 Å². The molecule has 0 aromatic heterocycles. The number of hydrogen-bond donors (Lipinski definition) is 3. The van der Waals surface area contributed by atoms with Crippen molar-refractivity contribution < 1.29 is 33.3 Å². The molecule has 0 fully saturated rings. The smallest absolute Gasteiger partial charge is 0.337 e. The van der Waals surface area contributed by atoms with Gasteiger partial charge in [0.2, 0.25) is 5.82 Å². The van der Waals surface area contributed by atoms with Gasteiger partial charge in [-0.3, -0.25) is 0 Å². The van der Waals surface area contributed by atoms with Gasteiger partial charge in [0, 0.05) is 5.56 Å². The van der Waals surface area contributed by atoms with Crippen LogP contribution in [0.5, 0.6) is 5.75 Å². The molecule has 0 aliphatic heterocycles. The van der Waals surface area contributed by atoms with Crippen molar-refractivity contribution in [1.82, 2.24) is 0 Å². The van der Waals surface area contributed by atoms with Gasteiger partial charge in [-0.15, -0.1) is 0 Å². The molecule has 0 aliphatic rings. The molecule has 1 aromatic carbocycles. The Morgan fingerprint density at radius 1 is 1.27 bits per heavy atom. The minimum Gasteiger partial charge on any atom is -0.503 e. The van der Waals surface area contributed by atoms with Crippen molar-refractivity contribution in [2.75, 3.05) is 0 Å². The highest BCUT2D eigenvalue weighted by Gasteiger charge is 2.26. The van der Waals surface area contributed by atoms with Crippen LogP contribution in [0.1, 0.15) is 11.7 Å². The zero-order valence-corrected chi connectivity index (χ0v) is 7.04. The van der Waals surface area contributed by atoms with E-state index in [4.69, 9.17) is 15.3 Å². The first kappa shape index (κ1) is 11.3. The lowest BCUT2D eigenvalue weighted by Crippen LogP contribution is -2.13. The van der Waals surface area contributed by atoms with E-state index in [0.717, 1.165) is 0 Å². The number of rotatable bonds is 2. The van der Waals surface area contributed by atoms with Gasteiger partial charge >= 0.3 is 5.97 Å². The lowest BCUT2D eigenvalue weighted by atomic mass is 10.1. The maximum Gasteiger partial charge on any atom is 0.337 e. The lowest BCUT2D eigenvalue weighted by molar-refractivity contribution is -0.147. The number of aliphatic carboxylic acids is 1. The molecule has 82 valence electrons. The van der Waals surface area contributed by atoms with Crippen molar-refractivity contribution in [3.8, 4) is 5.75 Å². The molecule has 1 aromatic rings. The molecule has 7 heteroatoms. The zero-order valence-electron chi connectivity index (χ0n) is 7.04. The Hall–Kier alpha value is -1.76. The van der Waals surface area contributed by atoms with Crippen LogP contribution in [0.3, 0.4) is 0 Å². The van der Waals surface area contributed by atoms with Crippen LogP contribution >= 0.6 is 0 Å². The zero-order chi connectivity index (χ0) is 11.7. The standard InChI is InChI=1S/C8H5F3O4/c9-3-1-2(6(12)8(14)15)4(10)7(13)5(3)11/h1,6,12-13H,(H,14,15). The van der Waals surface area contributed by atoms with Gasteiger partial charge in [-0.25, -0.2) is 13.6 Å². The molecule has 0 spiro atoms. The fourth-order valence-corrected chi connectivity index (χ4v) is 0.941. The molecule has 0 heterocycles. The summed E-state index contributed by atoms with van der Waals surface area (Å²) in [4.78, 5) is 10.2. The van der Waals surface area contributed by atoms with Gasteiger partial charge in [-0.1, -0.05) is 0 Å². The van der Waals surface area contributed by atoms with Crippen LogP contribution in [-0.4, -0.2) is 21.3 Å². The van der Waals surface area contributed by atoms with Gasteiger partial charge in [-0.2, -0.15) is 4.39 Å². The second kappa shape index (κ2) is 3.77. The van der Waals surface area contributed by atoms with E-state index in [1.165, 1.54) is 0 Å². The highest BCUT2D eigenvalue weighted by molar-refractivity contribution is 5.74. The first-order valence-corrected chi connectivity index (χ1v) is 3.63. The lowest BCUT2D eigenvalue weighted by Gasteiger charge is -2.09. The van der Waals surface area contributed by atoms with E-state index in [1.54, 1.807) is 0 Å². The number of benzene rings is 1. The molecule has 0 radical (unpaired) electrons. The van der Waals surface area contributed by atoms with E-state index in [-0.39, 0.29) is 6.07 Å². The van der Waals surface area contributed by atoms with Crippen molar-refractivity contribution in [1.29, 1.82) is 0 Å². The summed E-state index contributed by atoms with van der Waals surface area (Å²) < 4.78 is 38.2. The van der Waals surface area contributed by atoms with Gasteiger partial charge in [-0.05, 0) is 6.07 Å². The molecule has 0 aliphatic carbocycles. The van der Waals surface area contributed by atoms with Crippen LogP contribution in [-0.2, 0) is 4.79 Å². The van der Waals surface area contributed by atoms with Gasteiger partial charge in [0.05, 0.1) is 0 Å². The van der Waals surface area contributed by atoms with Crippen LogP contribution in [0, 0.1) is 17.5 Å². The first-order chi connectivity index (χ1) is 6.86. The molecule has 1 rings (SSSR count). The van der Waals surface area contributed by atoms with E-state index in [2.05, 4.69) is 0 Å². The molecule has 1 atom stereocenters. The molecular weight excluding hydrogens is 217 g/mol. The van der Waals surface area contributed by atoms with Crippen LogP contribution in [0.2, 0.25) is 0 Å². The fourth-order valence-electron chi connectivity index (χ4n) is 0.941. The number of phenols is 1. The minimum atomic E-state index is -2.37. The summed E-state index contributed by atoms with van der Waals surface area (Å²) in [6.07, 6.45) is -2.37. The second-order valence-electron chi connectivity index (χ2n) is 2.66. The van der Waals surface area contributed by atoms with Crippen molar-refractivity contribution in [3.05, 3.63) is 29.1 Å². The quantitative estimate of drug-likeness (QED) is 0.650. The number of carboxylic acid groups (broad SMARTS) is 1. The largest absolute Gasteiger partial charge is 0.503 e. The first-order valence-electron chi connectivity index (χ1n) is 3.63. The average Bonchev–Trinajstić information content (AvgIpc) is 2.19. The van der Waals surface area contributed by atoms with E-state index in [9.17, 15) is 18.0 Å². The SMILES string of the molecule is O=C(O)C(O)c1cc(F)c(F)c(O)c1F. The molecule has 0 saturated carbocycles. The molecule has 1 unspecified atom stereocenters. The number of halogens is 3. The highest BCUT2D eigenvalue weighted by atomic mass is 19.2. The number of phenolic OH excluding ortho intramolecular Hbond substituents is 1. The van der Waals surface area contributed by atoms with Gasteiger partial charge in [0.15, 0.2) is 23.5 Å². The molecule has 0 saturated heterocycles. The summed E-state index contributed by atoms with van der Waals surface area (Å²) in [5.41, 5.74) is -1.04. The maximum absolute atomic E-state index is 13.0. The number of carbonyl (C=O) groups is 1. The van der Waals surface area contributed by atoms with Crippen LogP contribution < -0.4 is 0 Å². The van der Waals surface area contributed by atoms with E-state index in [0.29, 0.717) is 0 Å². The molecule has 15 heavy (non-hydrogen) atoms. The Bertz CT molecular complexity index is 419.